The highest BCUT2D eigenvalue weighted by Crippen LogP contribution is 2.35. The van der Waals surface area contributed by atoms with Crippen molar-refractivity contribution in [2.24, 2.45) is 0 Å². The summed E-state index contributed by atoms with van der Waals surface area (Å²) in [6.45, 7) is 0.122. The van der Waals surface area contributed by atoms with E-state index in [1.807, 2.05) is 6.07 Å². The lowest BCUT2D eigenvalue weighted by molar-refractivity contribution is -0.137. The van der Waals surface area contributed by atoms with Crippen molar-refractivity contribution in [3.63, 3.8) is 0 Å². The van der Waals surface area contributed by atoms with Crippen molar-refractivity contribution >= 4 is 17.3 Å². The van der Waals surface area contributed by atoms with Gasteiger partial charge in [-0.3, -0.25) is 4.79 Å². The fourth-order valence-corrected chi connectivity index (χ4v) is 3.09. The van der Waals surface area contributed by atoms with Gasteiger partial charge in [-0.1, -0.05) is 36.4 Å². The molecule has 8 heteroatoms. The third-order valence-corrected chi connectivity index (χ3v) is 4.54. The fourth-order valence-electron chi connectivity index (χ4n) is 3.09. The molecule has 30 heavy (non-hydrogen) atoms. The lowest BCUT2D eigenvalue weighted by atomic mass is 10.1. The first-order valence-corrected chi connectivity index (χ1v) is 9.09. The van der Waals surface area contributed by atoms with Crippen molar-refractivity contribution in [1.82, 2.24) is 0 Å². The molecule has 0 radical (unpaired) electrons. The van der Waals surface area contributed by atoms with Gasteiger partial charge in [0.25, 0.3) is 5.91 Å². The maximum atomic E-state index is 13.0. The van der Waals surface area contributed by atoms with Crippen LogP contribution in [-0.2, 0) is 11.0 Å². The van der Waals surface area contributed by atoms with E-state index in [0.29, 0.717) is 22.7 Å². The van der Waals surface area contributed by atoms with Crippen LogP contribution in [0.2, 0.25) is 0 Å². The van der Waals surface area contributed by atoms with E-state index in [9.17, 15) is 18.0 Å². The Labute approximate surface area is 170 Å². The van der Waals surface area contributed by atoms with Gasteiger partial charge in [-0.2, -0.15) is 13.2 Å². The molecule has 4 rings (SSSR count). The number of halogens is 3. The number of nitrogens with one attached hydrogen (secondary N) is 2. The Hall–Kier alpha value is -3.68. The number of alkyl halides is 3. The topological polar surface area (TPSA) is 59.6 Å². The van der Waals surface area contributed by atoms with Gasteiger partial charge in [-0.05, 0) is 35.9 Å². The molecule has 1 atom stereocenters. The molecule has 0 bridgehead atoms. The molecule has 3 aromatic carbocycles. The molecule has 1 heterocycles. The molecule has 0 saturated carbocycles. The van der Waals surface area contributed by atoms with Crippen molar-refractivity contribution in [3.8, 4) is 11.5 Å². The van der Waals surface area contributed by atoms with Crippen molar-refractivity contribution in [3.05, 3.63) is 83.9 Å². The Bertz CT molecular complexity index is 1050. The lowest BCUT2D eigenvalue weighted by Gasteiger charge is -2.20. The molecular weight excluding hydrogens is 397 g/mol. The fraction of sp³-hybridized carbons (Fsp3) is 0.136. The second-order valence-corrected chi connectivity index (χ2v) is 6.62. The third-order valence-electron chi connectivity index (χ3n) is 4.54. The van der Waals surface area contributed by atoms with Gasteiger partial charge >= 0.3 is 6.18 Å². The summed E-state index contributed by atoms with van der Waals surface area (Å²) in [5.41, 5.74) is 0.482. The SMILES string of the molecule is O=C(Nc1cccc(C(F)(F)F)c1)[C@H](Nc1ccc2c(c1)OCO2)c1ccccc1. The normalized spacial score (nSPS) is 13.6. The van der Waals surface area contributed by atoms with E-state index in [-0.39, 0.29) is 12.5 Å². The third kappa shape index (κ3) is 4.32. The van der Waals surface area contributed by atoms with Crippen LogP contribution in [0.15, 0.2) is 72.8 Å². The molecule has 0 fully saturated rings. The van der Waals surface area contributed by atoms with Crippen LogP contribution in [-0.4, -0.2) is 12.7 Å². The predicted molar refractivity (Wildman–Crippen MR) is 105 cm³/mol. The maximum absolute atomic E-state index is 13.0. The minimum Gasteiger partial charge on any atom is -0.454 e. The zero-order chi connectivity index (χ0) is 21.1. The first kappa shape index (κ1) is 19.6. The molecule has 0 unspecified atom stereocenters. The first-order chi connectivity index (χ1) is 14.4. The number of hydrogen-bond donors (Lipinski definition) is 2. The highest BCUT2D eigenvalue weighted by Gasteiger charge is 2.31. The molecular formula is C22H17F3N2O3. The lowest BCUT2D eigenvalue weighted by Crippen LogP contribution is -2.27. The zero-order valence-corrected chi connectivity index (χ0v) is 15.6. The van der Waals surface area contributed by atoms with Gasteiger partial charge in [0.15, 0.2) is 11.5 Å². The molecule has 0 saturated heterocycles. The number of rotatable bonds is 5. The Morgan fingerprint density at radius 3 is 2.40 bits per heavy atom. The van der Waals surface area contributed by atoms with Crippen LogP contribution in [0, 0.1) is 0 Å². The maximum Gasteiger partial charge on any atom is 0.416 e. The van der Waals surface area contributed by atoms with E-state index < -0.39 is 23.7 Å². The van der Waals surface area contributed by atoms with E-state index in [1.165, 1.54) is 12.1 Å². The van der Waals surface area contributed by atoms with Crippen LogP contribution in [0.4, 0.5) is 24.5 Å². The largest absolute Gasteiger partial charge is 0.454 e. The Kier molecular flexibility index (Phi) is 5.22. The quantitative estimate of drug-likeness (QED) is 0.601. The van der Waals surface area contributed by atoms with Crippen molar-refractivity contribution < 1.29 is 27.4 Å². The molecule has 0 spiro atoms. The molecule has 3 aromatic rings. The summed E-state index contributed by atoms with van der Waals surface area (Å²) in [6.07, 6.45) is -4.50. The first-order valence-electron chi connectivity index (χ1n) is 9.09. The smallest absolute Gasteiger partial charge is 0.416 e. The number of benzene rings is 3. The summed E-state index contributed by atoms with van der Waals surface area (Å²) in [5, 5.41) is 5.69. The summed E-state index contributed by atoms with van der Waals surface area (Å²) in [7, 11) is 0. The summed E-state index contributed by atoms with van der Waals surface area (Å²) >= 11 is 0. The number of amides is 1. The van der Waals surface area contributed by atoms with Gasteiger partial charge in [0.2, 0.25) is 6.79 Å². The second kappa shape index (κ2) is 7.98. The van der Waals surface area contributed by atoms with Crippen molar-refractivity contribution in [1.29, 1.82) is 0 Å². The van der Waals surface area contributed by atoms with Gasteiger partial charge in [0.05, 0.1) is 5.56 Å². The minimum atomic E-state index is -4.50. The highest BCUT2D eigenvalue weighted by atomic mass is 19.4. The van der Waals surface area contributed by atoms with Gasteiger partial charge in [-0.15, -0.1) is 0 Å². The van der Waals surface area contributed by atoms with Crippen LogP contribution < -0.4 is 20.1 Å². The summed E-state index contributed by atoms with van der Waals surface area (Å²) in [4.78, 5) is 13.0. The molecule has 1 aliphatic rings. The van der Waals surface area contributed by atoms with E-state index in [1.54, 1.807) is 42.5 Å². The number of ether oxygens (including phenoxy) is 2. The highest BCUT2D eigenvalue weighted by molar-refractivity contribution is 5.97. The summed E-state index contributed by atoms with van der Waals surface area (Å²) in [5.74, 6) is 0.647. The van der Waals surface area contributed by atoms with E-state index in [0.717, 1.165) is 12.1 Å². The molecule has 1 amide bonds. The standard InChI is InChI=1S/C22H17F3N2O3/c23-22(24,25)15-7-4-8-16(11-15)27-21(28)20(14-5-2-1-3-6-14)26-17-9-10-18-19(12-17)30-13-29-18/h1-12,20,26H,13H2,(H,27,28)/t20-/m1/s1. The molecule has 2 N–H and O–H groups in total. The van der Waals surface area contributed by atoms with Crippen LogP contribution in [0.3, 0.4) is 0 Å². The van der Waals surface area contributed by atoms with E-state index >= 15 is 0 Å². The number of anilines is 2. The van der Waals surface area contributed by atoms with Crippen LogP contribution in [0.1, 0.15) is 17.2 Å². The van der Waals surface area contributed by atoms with Gasteiger partial charge in [-0.25, -0.2) is 0 Å². The predicted octanol–water partition coefficient (Wildman–Crippen LogP) is 5.23. The number of carbonyl (C=O) groups is 1. The molecule has 5 nitrogen and oxygen atoms in total. The zero-order valence-electron chi connectivity index (χ0n) is 15.6. The van der Waals surface area contributed by atoms with Crippen molar-refractivity contribution in [2.45, 2.75) is 12.2 Å². The molecule has 0 aromatic heterocycles. The number of hydrogen-bond acceptors (Lipinski definition) is 4. The number of carbonyl (C=O) groups excluding carboxylic acids is 1. The average Bonchev–Trinajstić information content (AvgIpc) is 3.20. The summed E-state index contributed by atoms with van der Waals surface area (Å²) < 4.78 is 49.6. The number of fused-ring (bicyclic) bond motifs is 1. The minimum absolute atomic E-state index is 0.0586. The molecule has 0 aliphatic carbocycles. The van der Waals surface area contributed by atoms with Crippen LogP contribution >= 0.6 is 0 Å². The van der Waals surface area contributed by atoms with Gasteiger partial charge in [0.1, 0.15) is 6.04 Å². The van der Waals surface area contributed by atoms with Crippen LogP contribution in [0.25, 0.3) is 0 Å². The van der Waals surface area contributed by atoms with E-state index in [2.05, 4.69) is 10.6 Å². The molecule has 154 valence electrons. The Balaban J connectivity index is 1.59. The Morgan fingerprint density at radius 2 is 1.63 bits per heavy atom. The van der Waals surface area contributed by atoms with Gasteiger partial charge < -0.3 is 20.1 Å². The summed E-state index contributed by atoms with van der Waals surface area (Å²) in [6, 6.07) is 17.7. The van der Waals surface area contributed by atoms with Gasteiger partial charge in [0, 0.05) is 17.4 Å². The van der Waals surface area contributed by atoms with Crippen LogP contribution in [0.5, 0.6) is 11.5 Å². The monoisotopic (exact) mass is 414 g/mol. The van der Waals surface area contributed by atoms with E-state index in [4.69, 9.17) is 9.47 Å². The molecule has 1 aliphatic heterocycles. The Morgan fingerprint density at radius 1 is 0.867 bits per heavy atom. The van der Waals surface area contributed by atoms with Crippen molar-refractivity contribution in [2.75, 3.05) is 17.4 Å². The average molecular weight is 414 g/mol. The second-order valence-electron chi connectivity index (χ2n) is 6.62.